The predicted octanol–water partition coefficient (Wildman–Crippen LogP) is 1.67. The van der Waals surface area contributed by atoms with Gasteiger partial charge in [0.05, 0.1) is 26.1 Å². The number of aliphatic hydroxyl groups is 3. The molecule has 0 radical (unpaired) electrons. The predicted molar refractivity (Wildman–Crippen MR) is 104 cm³/mol. The maximum atomic E-state index is 12.7. The molecule has 0 saturated carbocycles. The first-order valence-electron chi connectivity index (χ1n) is 9.43. The number of cyclic esters (lactones) is 1. The van der Waals surface area contributed by atoms with Crippen molar-refractivity contribution in [1.29, 1.82) is 0 Å². The van der Waals surface area contributed by atoms with E-state index in [2.05, 4.69) is 6.58 Å². The van der Waals surface area contributed by atoms with Crippen molar-refractivity contribution in [1.82, 2.24) is 0 Å². The molecule has 0 saturated heterocycles. The molecule has 0 aromatic carbocycles. The molecule has 7 heteroatoms. The van der Waals surface area contributed by atoms with E-state index in [-0.39, 0.29) is 18.9 Å². The second-order valence-corrected chi connectivity index (χ2v) is 7.34. The van der Waals surface area contributed by atoms with E-state index in [4.69, 9.17) is 9.47 Å². The van der Waals surface area contributed by atoms with Crippen LogP contribution in [0.5, 0.6) is 0 Å². The summed E-state index contributed by atoms with van der Waals surface area (Å²) in [5, 5.41) is 30.1. The Morgan fingerprint density at radius 3 is 2.46 bits per heavy atom. The van der Waals surface area contributed by atoms with Crippen molar-refractivity contribution in [2.24, 2.45) is 11.8 Å². The van der Waals surface area contributed by atoms with E-state index in [1.165, 1.54) is 14.0 Å². The Kier molecular flexibility index (Phi) is 9.07. The van der Waals surface area contributed by atoms with Gasteiger partial charge in [-0.05, 0) is 37.3 Å². The molecule has 1 aliphatic rings. The fraction of sp³-hybridized carbons (Fsp3) is 0.619. The molecule has 0 amide bonds. The molecule has 28 heavy (non-hydrogen) atoms. The van der Waals surface area contributed by atoms with Crippen LogP contribution in [0.1, 0.15) is 40.0 Å². The molecule has 1 heterocycles. The summed E-state index contributed by atoms with van der Waals surface area (Å²) in [6.07, 6.45) is 3.41. The normalized spacial score (nSPS) is 34.5. The number of Topliss-reactive ketones (excluding diaryl/α,β-unsaturated/α-hetero) is 1. The van der Waals surface area contributed by atoms with Crippen LogP contribution >= 0.6 is 0 Å². The summed E-state index contributed by atoms with van der Waals surface area (Å²) in [6.45, 7) is 7.86. The number of allylic oxidation sites excluding steroid dienone is 3. The third-order valence-corrected chi connectivity index (χ3v) is 4.87. The summed E-state index contributed by atoms with van der Waals surface area (Å²) >= 11 is 0. The van der Waals surface area contributed by atoms with Gasteiger partial charge in [-0.1, -0.05) is 32.1 Å². The van der Waals surface area contributed by atoms with Gasteiger partial charge in [-0.25, -0.2) is 0 Å². The van der Waals surface area contributed by atoms with Crippen LogP contribution in [0.4, 0.5) is 0 Å². The zero-order chi connectivity index (χ0) is 21.5. The molecular weight excluding hydrogens is 364 g/mol. The lowest BCUT2D eigenvalue weighted by Crippen LogP contribution is -2.48. The summed E-state index contributed by atoms with van der Waals surface area (Å²) in [4.78, 5) is 25.2. The number of esters is 1. The van der Waals surface area contributed by atoms with Gasteiger partial charge >= 0.3 is 5.97 Å². The van der Waals surface area contributed by atoms with Gasteiger partial charge in [-0.15, -0.1) is 0 Å². The van der Waals surface area contributed by atoms with Crippen LogP contribution in [0, 0.1) is 11.8 Å². The largest absolute Gasteiger partial charge is 0.501 e. The number of ketones is 1. The van der Waals surface area contributed by atoms with E-state index in [0.29, 0.717) is 24.2 Å². The average molecular weight is 396 g/mol. The van der Waals surface area contributed by atoms with Gasteiger partial charge in [0.1, 0.15) is 12.0 Å². The molecule has 4 atom stereocenters. The van der Waals surface area contributed by atoms with Gasteiger partial charge in [0, 0.05) is 6.42 Å². The van der Waals surface area contributed by atoms with E-state index in [9.17, 15) is 24.9 Å². The van der Waals surface area contributed by atoms with Crippen LogP contribution < -0.4 is 0 Å². The molecule has 158 valence electrons. The van der Waals surface area contributed by atoms with Crippen molar-refractivity contribution >= 4 is 11.8 Å². The molecule has 3 N–H and O–H groups in total. The lowest BCUT2D eigenvalue weighted by Gasteiger charge is -2.29. The lowest BCUT2D eigenvalue weighted by atomic mass is 9.86. The quantitative estimate of drug-likeness (QED) is 0.489. The Morgan fingerprint density at radius 1 is 1.32 bits per heavy atom. The smallest absolute Gasteiger partial charge is 0.316 e. The van der Waals surface area contributed by atoms with Crippen LogP contribution in [-0.2, 0) is 19.1 Å². The molecule has 0 aromatic rings. The zero-order valence-electron chi connectivity index (χ0n) is 17.1. The molecule has 0 unspecified atom stereocenters. The summed E-state index contributed by atoms with van der Waals surface area (Å²) < 4.78 is 10.7. The number of rotatable bonds is 4. The first kappa shape index (κ1) is 24.1. The monoisotopic (exact) mass is 396 g/mol. The fourth-order valence-electron chi connectivity index (χ4n) is 3.23. The summed E-state index contributed by atoms with van der Waals surface area (Å²) in [7, 11) is 1.41. The Balaban J connectivity index is 3.42. The lowest BCUT2D eigenvalue weighted by molar-refractivity contribution is -0.162. The molecular formula is C21H32O7. The second kappa shape index (κ2) is 10.5. The third kappa shape index (κ3) is 6.02. The van der Waals surface area contributed by atoms with E-state index < -0.39 is 36.0 Å². The van der Waals surface area contributed by atoms with E-state index in [0.717, 1.165) is 5.57 Å². The highest BCUT2D eigenvalue weighted by Gasteiger charge is 2.43. The summed E-state index contributed by atoms with van der Waals surface area (Å²) in [5.41, 5.74) is -0.951. The first-order chi connectivity index (χ1) is 13.1. The minimum atomic E-state index is -2.17. The number of carbonyl (C=O) groups excluding carboxylic acids is 2. The van der Waals surface area contributed by atoms with Gasteiger partial charge in [-0.2, -0.15) is 0 Å². The SMILES string of the molecule is C=C1/C=C(\CO)[C@H](CC)OC(=O)[C@H](C)C(=O)[C@@](O)(CO)C/C(OC)=C/[C@@H](C)C1. The highest BCUT2D eigenvalue weighted by Crippen LogP contribution is 2.27. The van der Waals surface area contributed by atoms with E-state index in [1.807, 2.05) is 6.92 Å². The van der Waals surface area contributed by atoms with Gasteiger partial charge in [0.2, 0.25) is 0 Å². The van der Waals surface area contributed by atoms with E-state index in [1.54, 1.807) is 19.1 Å². The number of hydrogen-bond acceptors (Lipinski definition) is 7. The van der Waals surface area contributed by atoms with Gasteiger partial charge in [0.15, 0.2) is 11.4 Å². The van der Waals surface area contributed by atoms with Gasteiger partial charge in [0.25, 0.3) is 0 Å². The van der Waals surface area contributed by atoms with Gasteiger partial charge in [-0.3, -0.25) is 9.59 Å². The summed E-state index contributed by atoms with van der Waals surface area (Å²) in [6, 6.07) is 0. The van der Waals surface area contributed by atoms with Crippen molar-refractivity contribution < 1.29 is 34.4 Å². The van der Waals surface area contributed by atoms with E-state index >= 15 is 0 Å². The Morgan fingerprint density at radius 2 is 1.96 bits per heavy atom. The zero-order valence-corrected chi connectivity index (χ0v) is 17.1. The Hall–Kier alpha value is -1.96. The van der Waals surface area contributed by atoms with Crippen molar-refractivity contribution in [2.75, 3.05) is 20.3 Å². The van der Waals surface area contributed by atoms with Crippen LogP contribution in [0.25, 0.3) is 0 Å². The topological polar surface area (TPSA) is 113 Å². The highest BCUT2D eigenvalue weighted by atomic mass is 16.5. The van der Waals surface area contributed by atoms with Crippen molar-refractivity contribution in [3.8, 4) is 0 Å². The van der Waals surface area contributed by atoms with Crippen LogP contribution in [0.15, 0.2) is 35.6 Å². The minimum Gasteiger partial charge on any atom is -0.501 e. The fourth-order valence-corrected chi connectivity index (χ4v) is 3.23. The molecule has 1 rings (SSSR count). The molecule has 0 fully saturated rings. The highest BCUT2D eigenvalue weighted by molar-refractivity contribution is 6.03. The standard InChI is InChI=1S/C21H32O7/c1-6-18-16(11-22)8-13(2)7-14(3)9-17(27-5)10-21(26,12-23)19(24)15(4)20(25)28-18/h8-9,14-15,18,22-23,26H,2,6-7,10-12H2,1,3-5H3/b16-8+,17-9-/t14-,15+,18-,21-/m0/s1. The molecule has 0 bridgehead atoms. The summed E-state index contributed by atoms with van der Waals surface area (Å²) in [5.74, 6) is -2.70. The van der Waals surface area contributed by atoms with Gasteiger partial charge < -0.3 is 24.8 Å². The van der Waals surface area contributed by atoms with Crippen molar-refractivity contribution in [2.45, 2.75) is 51.7 Å². The molecule has 7 nitrogen and oxygen atoms in total. The molecule has 1 aliphatic heterocycles. The van der Waals surface area contributed by atoms with Crippen LogP contribution in [0.2, 0.25) is 0 Å². The number of aliphatic hydroxyl groups excluding tert-OH is 2. The van der Waals surface area contributed by atoms with Crippen LogP contribution in [0.3, 0.4) is 0 Å². The molecule has 0 spiro atoms. The van der Waals surface area contributed by atoms with Crippen LogP contribution in [-0.4, -0.2) is 59.1 Å². The number of ether oxygens (including phenoxy) is 2. The third-order valence-electron chi connectivity index (χ3n) is 4.87. The molecule has 0 aliphatic carbocycles. The Bertz CT molecular complexity index is 649. The number of methoxy groups -OCH3 is 1. The molecule has 0 aromatic heterocycles. The maximum Gasteiger partial charge on any atom is 0.316 e. The van der Waals surface area contributed by atoms with Crippen molar-refractivity contribution in [3.63, 3.8) is 0 Å². The minimum absolute atomic E-state index is 0.0420. The first-order valence-corrected chi connectivity index (χ1v) is 9.43. The number of carbonyl (C=O) groups is 2. The van der Waals surface area contributed by atoms with Crippen molar-refractivity contribution in [3.05, 3.63) is 35.6 Å². The second-order valence-electron chi connectivity index (χ2n) is 7.34. The average Bonchev–Trinajstić information content (AvgIpc) is 2.67. The number of hydrogen-bond donors (Lipinski definition) is 3. The maximum absolute atomic E-state index is 12.7. The Labute approximate surface area is 166 Å².